The van der Waals surface area contributed by atoms with Crippen LogP contribution in [0.5, 0.6) is 0 Å². The van der Waals surface area contributed by atoms with Crippen LogP contribution in [0.2, 0.25) is 5.02 Å². The number of benzene rings is 2. The second-order valence-electron chi connectivity index (χ2n) is 6.61. The molecule has 0 aliphatic carbocycles. The van der Waals surface area contributed by atoms with Gasteiger partial charge in [0.05, 0.1) is 28.8 Å². The molecule has 0 aliphatic heterocycles. The molecule has 2 aromatic carbocycles. The van der Waals surface area contributed by atoms with Gasteiger partial charge in [-0.25, -0.2) is 0 Å². The third kappa shape index (κ3) is 5.09. The molecule has 0 N–H and O–H groups in total. The van der Waals surface area contributed by atoms with Crippen molar-refractivity contribution in [3.8, 4) is 17.5 Å². The monoisotopic (exact) mass is 406 g/mol. The van der Waals surface area contributed by atoms with Crippen molar-refractivity contribution in [2.75, 3.05) is 0 Å². The summed E-state index contributed by atoms with van der Waals surface area (Å²) in [6, 6.07) is 16.2. The van der Waals surface area contributed by atoms with E-state index in [-0.39, 0.29) is 18.5 Å². The van der Waals surface area contributed by atoms with Crippen LogP contribution in [-0.2, 0) is 11.3 Å². The fourth-order valence-electron chi connectivity index (χ4n) is 2.65. The number of nitrogens with zero attached hydrogens (tertiary/aromatic N) is 4. The maximum atomic E-state index is 12.7. The Labute approximate surface area is 174 Å². The predicted octanol–water partition coefficient (Wildman–Crippen LogP) is 4.71. The van der Waals surface area contributed by atoms with Gasteiger partial charge in [-0.15, -0.1) is 10.2 Å². The van der Waals surface area contributed by atoms with Gasteiger partial charge in [-0.2, -0.15) is 5.26 Å². The topological polar surface area (TPSA) is 83.0 Å². The minimum atomic E-state index is -0.179. The normalized spacial score (nSPS) is 11.0. The molecule has 0 radical (unpaired) electrons. The Kier molecular flexibility index (Phi) is 6.43. The first kappa shape index (κ1) is 20.3. The number of halogens is 1. The van der Waals surface area contributed by atoms with Crippen molar-refractivity contribution in [2.24, 2.45) is 0 Å². The second kappa shape index (κ2) is 9.18. The fraction of sp³-hybridized carbons (Fsp3) is 0.182. The van der Waals surface area contributed by atoms with E-state index < -0.39 is 0 Å². The van der Waals surface area contributed by atoms with Gasteiger partial charge < -0.3 is 9.32 Å². The third-order valence-electron chi connectivity index (χ3n) is 4.24. The van der Waals surface area contributed by atoms with Gasteiger partial charge in [-0.05, 0) is 49.8 Å². The standard InChI is InChI=1S/C22H19ClN4O2/c1-15(2)27(21(28)12-11-16-7-9-17(13-24)10-8-16)14-20-25-26-22(29-20)18-5-3-4-6-19(18)23/h3-12,15H,14H2,1-2H3/b12-11+. The summed E-state index contributed by atoms with van der Waals surface area (Å²) in [6.45, 7) is 4.02. The number of amides is 1. The molecule has 0 saturated heterocycles. The predicted molar refractivity (Wildman–Crippen MR) is 111 cm³/mol. The molecule has 0 spiro atoms. The Hall–Kier alpha value is -3.43. The highest BCUT2D eigenvalue weighted by molar-refractivity contribution is 6.33. The van der Waals surface area contributed by atoms with Crippen LogP contribution in [0.25, 0.3) is 17.5 Å². The summed E-state index contributed by atoms with van der Waals surface area (Å²) in [5, 5.41) is 17.5. The Morgan fingerprint density at radius 1 is 1.21 bits per heavy atom. The fourth-order valence-corrected chi connectivity index (χ4v) is 2.87. The van der Waals surface area contributed by atoms with Crippen molar-refractivity contribution in [2.45, 2.75) is 26.4 Å². The summed E-state index contributed by atoms with van der Waals surface area (Å²) < 4.78 is 5.71. The number of hydrogen-bond acceptors (Lipinski definition) is 5. The zero-order valence-corrected chi connectivity index (χ0v) is 16.8. The number of hydrogen-bond donors (Lipinski definition) is 0. The summed E-state index contributed by atoms with van der Waals surface area (Å²) in [5.41, 5.74) is 2.05. The summed E-state index contributed by atoms with van der Waals surface area (Å²) >= 11 is 6.17. The molecule has 7 heteroatoms. The van der Waals surface area contributed by atoms with Crippen LogP contribution in [0, 0.1) is 11.3 Å². The van der Waals surface area contributed by atoms with E-state index in [2.05, 4.69) is 16.3 Å². The molecule has 0 unspecified atom stereocenters. The molecule has 0 bridgehead atoms. The minimum Gasteiger partial charge on any atom is -0.419 e. The summed E-state index contributed by atoms with van der Waals surface area (Å²) in [7, 11) is 0. The average molecular weight is 407 g/mol. The number of carbonyl (C=O) groups is 1. The van der Waals surface area contributed by atoms with E-state index in [1.54, 1.807) is 47.4 Å². The summed E-state index contributed by atoms with van der Waals surface area (Å²) in [6.07, 6.45) is 3.20. The Balaban J connectivity index is 1.73. The van der Waals surface area contributed by atoms with E-state index in [1.807, 2.05) is 26.0 Å². The Bertz CT molecular complexity index is 1060. The van der Waals surface area contributed by atoms with Crippen molar-refractivity contribution in [3.05, 3.63) is 76.6 Å². The van der Waals surface area contributed by atoms with Gasteiger partial charge in [-0.3, -0.25) is 4.79 Å². The van der Waals surface area contributed by atoms with Gasteiger partial charge in [-0.1, -0.05) is 35.9 Å². The SMILES string of the molecule is CC(C)N(Cc1nnc(-c2ccccc2Cl)o1)C(=O)/C=C/c1ccc(C#N)cc1. The molecule has 0 fully saturated rings. The molecule has 1 amide bonds. The van der Waals surface area contributed by atoms with Gasteiger partial charge in [0, 0.05) is 12.1 Å². The van der Waals surface area contributed by atoms with Crippen molar-refractivity contribution < 1.29 is 9.21 Å². The summed E-state index contributed by atoms with van der Waals surface area (Å²) in [5.74, 6) is 0.463. The van der Waals surface area contributed by atoms with E-state index in [1.165, 1.54) is 6.08 Å². The number of nitriles is 1. The first-order valence-electron chi connectivity index (χ1n) is 9.04. The molecular formula is C22H19ClN4O2. The molecule has 3 rings (SSSR count). The lowest BCUT2D eigenvalue weighted by Crippen LogP contribution is -2.35. The summed E-state index contributed by atoms with van der Waals surface area (Å²) in [4.78, 5) is 14.3. The molecule has 1 heterocycles. The van der Waals surface area contributed by atoms with Crippen LogP contribution in [0.15, 0.2) is 59.0 Å². The number of rotatable bonds is 6. The first-order valence-corrected chi connectivity index (χ1v) is 9.42. The maximum Gasteiger partial charge on any atom is 0.249 e. The van der Waals surface area contributed by atoms with Crippen molar-refractivity contribution in [1.82, 2.24) is 15.1 Å². The largest absolute Gasteiger partial charge is 0.419 e. The highest BCUT2D eigenvalue weighted by Crippen LogP contribution is 2.26. The third-order valence-corrected chi connectivity index (χ3v) is 4.57. The van der Waals surface area contributed by atoms with E-state index in [0.717, 1.165) is 5.56 Å². The highest BCUT2D eigenvalue weighted by atomic mass is 35.5. The lowest BCUT2D eigenvalue weighted by atomic mass is 10.1. The molecule has 29 heavy (non-hydrogen) atoms. The van der Waals surface area contributed by atoms with E-state index in [0.29, 0.717) is 27.9 Å². The molecule has 6 nitrogen and oxygen atoms in total. The van der Waals surface area contributed by atoms with E-state index in [4.69, 9.17) is 21.3 Å². The number of carbonyl (C=O) groups excluding carboxylic acids is 1. The second-order valence-corrected chi connectivity index (χ2v) is 7.02. The van der Waals surface area contributed by atoms with Gasteiger partial charge in [0.2, 0.25) is 17.7 Å². The lowest BCUT2D eigenvalue weighted by molar-refractivity contribution is -0.128. The smallest absolute Gasteiger partial charge is 0.249 e. The average Bonchev–Trinajstić information content (AvgIpc) is 3.19. The maximum absolute atomic E-state index is 12.7. The lowest BCUT2D eigenvalue weighted by Gasteiger charge is -2.23. The van der Waals surface area contributed by atoms with Crippen LogP contribution in [0.3, 0.4) is 0 Å². The van der Waals surface area contributed by atoms with Crippen molar-refractivity contribution >= 4 is 23.6 Å². The molecule has 1 aromatic heterocycles. The molecule has 3 aromatic rings. The van der Waals surface area contributed by atoms with Crippen LogP contribution < -0.4 is 0 Å². The Morgan fingerprint density at radius 2 is 1.93 bits per heavy atom. The molecule has 146 valence electrons. The zero-order chi connectivity index (χ0) is 20.8. The van der Waals surface area contributed by atoms with Crippen LogP contribution in [0.4, 0.5) is 0 Å². The van der Waals surface area contributed by atoms with Crippen molar-refractivity contribution in [1.29, 1.82) is 5.26 Å². The molecule has 0 aliphatic rings. The molecule has 0 atom stereocenters. The quantitative estimate of drug-likeness (QED) is 0.553. The van der Waals surface area contributed by atoms with Crippen LogP contribution in [0.1, 0.15) is 30.9 Å². The van der Waals surface area contributed by atoms with E-state index in [9.17, 15) is 4.79 Å². The van der Waals surface area contributed by atoms with Gasteiger partial charge in [0.25, 0.3) is 0 Å². The molecule has 0 saturated carbocycles. The van der Waals surface area contributed by atoms with Crippen LogP contribution >= 0.6 is 11.6 Å². The minimum absolute atomic E-state index is 0.0659. The van der Waals surface area contributed by atoms with E-state index >= 15 is 0 Å². The molecular weight excluding hydrogens is 388 g/mol. The zero-order valence-electron chi connectivity index (χ0n) is 16.0. The van der Waals surface area contributed by atoms with Gasteiger partial charge in [0.15, 0.2) is 0 Å². The van der Waals surface area contributed by atoms with Crippen molar-refractivity contribution in [3.63, 3.8) is 0 Å². The van der Waals surface area contributed by atoms with Gasteiger partial charge in [0.1, 0.15) is 0 Å². The number of aromatic nitrogens is 2. The Morgan fingerprint density at radius 3 is 2.59 bits per heavy atom. The van der Waals surface area contributed by atoms with Gasteiger partial charge >= 0.3 is 0 Å². The first-order chi connectivity index (χ1) is 14.0. The van der Waals surface area contributed by atoms with Crippen LogP contribution in [-0.4, -0.2) is 27.0 Å². The highest BCUT2D eigenvalue weighted by Gasteiger charge is 2.19.